The van der Waals surface area contributed by atoms with E-state index >= 15 is 0 Å². The van der Waals surface area contributed by atoms with Crippen LogP contribution in [0.25, 0.3) is 88.4 Å². The van der Waals surface area contributed by atoms with Gasteiger partial charge in [-0.05, 0) is 226 Å². The zero-order valence-corrected chi connectivity index (χ0v) is 61.4. The molecule has 0 N–H and O–H groups in total. The van der Waals surface area contributed by atoms with Crippen LogP contribution in [0.4, 0.5) is 34.1 Å². The number of para-hydroxylation sites is 4. The molecule has 4 nitrogen and oxygen atoms in total. The van der Waals surface area contributed by atoms with Crippen molar-refractivity contribution >= 4 is 101 Å². The van der Waals surface area contributed by atoms with Crippen molar-refractivity contribution in [2.75, 3.05) is 9.80 Å². The summed E-state index contributed by atoms with van der Waals surface area (Å²) in [6.45, 7) is 33.5. The van der Waals surface area contributed by atoms with Crippen LogP contribution in [0, 0.1) is 0 Å². The first-order chi connectivity index (χ1) is 48.3. The lowest BCUT2D eigenvalue weighted by Crippen LogP contribution is -2.61. The Morgan fingerprint density at radius 2 is 0.594 bits per heavy atom. The van der Waals surface area contributed by atoms with E-state index in [9.17, 15) is 0 Å². The van der Waals surface area contributed by atoms with Crippen LogP contribution >= 0.6 is 0 Å². The molecule has 0 bridgehead atoms. The maximum Gasteiger partial charge on any atom is 0.252 e. The largest absolute Gasteiger partial charge is 0.311 e. The first-order valence-corrected chi connectivity index (χ1v) is 37.0. The fourth-order valence-corrected chi connectivity index (χ4v) is 18.2. The van der Waals surface area contributed by atoms with Crippen LogP contribution in [0.3, 0.4) is 0 Å². The summed E-state index contributed by atoms with van der Waals surface area (Å²) >= 11 is 0. The molecule has 0 saturated carbocycles. The molecule has 5 heteroatoms. The number of hydrogen-bond acceptors (Lipinski definition) is 2. The summed E-state index contributed by atoms with van der Waals surface area (Å²) in [5, 5.41) is 4.99. The Bertz CT molecular complexity index is 5300. The third kappa shape index (κ3) is 9.98. The highest BCUT2D eigenvalue weighted by Gasteiger charge is 2.45. The van der Waals surface area contributed by atoms with E-state index in [1.54, 1.807) is 0 Å². The number of nitrogens with zero attached hydrogens (tertiary/aromatic N) is 4. The molecule has 2 aliphatic carbocycles. The standard InChI is InChI=1S/C96H91BN4/c1-91(2,3)66-51-64(52-67(57-66)92(4,5)6)65-55-88-90-89(56-65)99(69-39-33-61(34-40-69)63-36-44-77-79(54-63)96(13,14)50-48-94(77,9)10)87-59-71(101-84-29-21-17-25-74(84)75-26-18-22-30-85(75)101)42-46-81(87)97(90)80-45-41-70(100-82-27-19-15-23-72(82)73-24-16-20-28-83(73)100)58-86(80)98(88)68-37-31-60(32-38-68)62-35-43-76-78(53-62)95(11,12)49-47-93(76,7)8/h15-46,51-59H,47-50H2,1-14H3. The monoisotopic (exact) mass is 1310 g/mol. The molecule has 4 aliphatic rings. The first kappa shape index (κ1) is 63.1. The van der Waals surface area contributed by atoms with Crippen molar-refractivity contribution in [3.63, 3.8) is 0 Å². The van der Waals surface area contributed by atoms with Gasteiger partial charge in [-0.15, -0.1) is 0 Å². The van der Waals surface area contributed by atoms with Crippen molar-refractivity contribution in [2.45, 2.75) is 155 Å². The second-order valence-electron chi connectivity index (χ2n) is 34.7. The Balaban J connectivity index is 0.922. The summed E-state index contributed by atoms with van der Waals surface area (Å²) in [5.74, 6) is 0. The molecule has 4 heterocycles. The maximum atomic E-state index is 2.64. The predicted molar refractivity (Wildman–Crippen MR) is 433 cm³/mol. The number of anilines is 6. The number of hydrogen-bond donors (Lipinski definition) is 0. The molecule has 0 amide bonds. The van der Waals surface area contributed by atoms with Crippen molar-refractivity contribution in [1.29, 1.82) is 0 Å². The van der Waals surface area contributed by atoms with Crippen molar-refractivity contribution in [1.82, 2.24) is 9.13 Å². The van der Waals surface area contributed by atoms with Crippen molar-refractivity contribution in [2.24, 2.45) is 0 Å². The Morgan fingerprint density at radius 3 is 0.950 bits per heavy atom. The van der Waals surface area contributed by atoms with Gasteiger partial charge >= 0.3 is 0 Å². The van der Waals surface area contributed by atoms with Gasteiger partial charge in [0.2, 0.25) is 0 Å². The van der Waals surface area contributed by atoms with Gasteiger partial charge in [-0.1, -0.05) is 261 Å². The Labute approximate surface area is 598 Å². The highest BCUT2D eigenvalue weighted by Crippen LogP contribution is 2.52. The molecule has 2 aromatic heterocycles. The van der Waals surface area contributed by atoms with E-state index in [1.165, 1.54) is 175 Å². The molecule has 0 radical (unpaired) electrons. The molecule has 0 saturated heterocycles. The van der Waals surface area contributed by atoms with Crippen LogP contribution in [0.1, 0.15) is 156 Å². The van der Waals surface area contributed by atoms with E-state index < -0.39 is 0 Å². The van der Waals surface area contributed by atoms with Gasteiger partial charge in [0.05, 0.1) is 22.1 Å². The molecule has 498 valence electrons. The average molecular weight is 1310 g/mol. The van der Waals surface area contributed by atoms with Crippen molar-refractivity contribution < 1.29 is 0 Å². The molecular weight excluding hydrogens is 1220 g/mol. The summed E-state index contributed by atoms with van der Waals surface area (Å²) in [4.78, 5) is 5.29. The van der Waals surface area contributed by atoms with Gasteiger partial charge in [0, 0.05) is 67.0 Å². The summed E-state index contributed by atoms with van der Waals surface area (Å²) in [6.07, 6.45) is 4.72. The predicted octanol–water partition coefficient (Wildman–Crippen LogP) is 24.3. The third-order valence-corrected chi connectivity index (χ3v) is 24.3. The van der Waals surface area contributed by atoms with Gasteiger partial charge < -0.3 is 18.9 Å². The number of benzene rings is 12. The smallest absolute Gasteiger partial charge is 0.252 e. The Morgan fingerprint density at radius 1 is 0.277 bits per heavy atom. The van der Waals surface area contributed by atoms with Crippen molar-refractivity contribution in [3.05, 3.63) is 282 Å². The zero-order valence-electron chi connectivity index (χ0n) is 61.4. The van der Waals surface area contributed by atoms with Crippen LogP contribution in [0.2, 0.25) is 0 Å². The molecule has 18 rings (SSSR count). The minimum Gasteiger partial charge on any atom is -0.311 e. The molecule has 101 heavy (non-hydrogen) atoms. The molecule has 0 fully saturated rings. The molecule has 0 atom stereocenters. The van der Waals surface area contributed by atoms with Gasteiger partial charge in [0.25, 0.3) is 6.71 Å². The fourth-order valence-electron chi connectivity index (χ4n) is 18.2. The summed E-state index contributed by atoms with van der Waals surface area (Å²) in [5.41, 5.74) is 33.9. The maximum absolute atomic E-state index is 2.64. The first-order valence-electron chi connectivity index (χ1n) is 37.0. The van der Waals surface area contributed by atoms with Crippen LogP contribution in [0.15, 0.2) is 249 Å². The molecule has 12 aromatic carbocycles. The van der Waals surface area contributed by atoms with Crippen LogP contribution in [0.5, 0.6) is 0 Å². The lowest BCUT2D eigenvalue weighted by Gasteiger charge is -2.45. The van der Waals surface area contributed by atoms with E-state index in [1.807, 2.05) is 0 Å². The summed E-state index contributed by atoms with van der Waals surface area (Å²) < 4.78 is 5.00. The van der Waals surface area contributed by atoms with Crippen LogP contribution < -0.4 is 26.2 Å². The molecule has 0 unspecified atom stereocenters. The topological polar surface area (TPSA) is 16.3 Å². The zero-order chi connectivity index (χ0) is 69.6. The highest BCUT2D eigenvalue weighted by atomic mass is 15.2. The van der Waals surface area contributed by atoms with Gasteiger partial charge in [0.1, 0.15) is 0 Å². The summed E-state index contributed by atoms with van der Waals surface area (Å²) in [6, 6.07) is 97.0. The Kier molecular flexibility index (Phi) is 13.9. The SMILES string of the molecule is CC(C)(C)c1cc(-c2cc3c4c(c2)N(c2ccc(-c5ccc6c(c5)C(C)(C)CCC6(C)C)cc2)c2cc(-n5c6ccccc6c6ccccc65)ccc2B4c2ccc(-n4c5ccccc5c5ccccc54)cc2N3c2ccc(-c3ccc4c(c3)C(C)(C)CCC4(C)C)cc2)cc(C(C)(C)C)c1. The minimum atomic E-state index is -0.151. The van der Waals surface area contributed by atoms with Gasteiger partial charge in [-0.2, -0.15) is 0 Å². The van der Waals surface area contributed by atoms with E-state index in [0.717, 1.165) is 22.7 Å². The summed E-state index contributed by atoms with van der Waals surface area (Å²) in [7, 11) is 0. The third-order valence-electron chi connectivity index (χ3n) is 24.3. The molecule has 0 spiro atoms. The van der Waals surface area contributed by atoms with E-state index in [2.05, 4.69) is 365 Å². The van der Waals surface area contributed by atoms with Crippen LogP contribution in [-0.2, 0) is 32.5 Å². The van der Waals surface area contributed by atoms with E-state index in [0.29, 0.717) is 0 Å². The Hall–Kier alpha value is -10.1. The highest BCUT2D eigenvalue weighted by molar-refractivity contribution is 7.00. The van der Waals surface area contributed by atoms with Gasteiger partial charge in [-0.3, -0.25) is 0 Å². The molecular formula is C96H91BN4. The second-order valence-corrected chi connectivity index (χ2v) is 34.7. The van der Waals surface area contributed by atoms with Gasteiger partial charge in [0.15, 0.2) is 0 Å². The minimum absolute atomic E-state index is 0.0880. The molecule has 2 aliphatic heterocycles. The van der Waals surface area contributed by atoms with Crippen molar-refractivity contribution in [3.8, 4) is 44.8 Å². The number of fused-ring (bicyclic) bond motifs is 12. The quantitative estimate of drug-likeness (QED) is 0.148. The fraction of sp³-hybridized carbons (Fsp3) is 0.250. The lowest BCUT2D eigenvalue weighted by atomic mass is 9.33. The average Bonchev–Trinajstić information content (AvgIpc) is 0.776. The van der Waals surface area contributed by atoms with Crippen LogP contribution in [-0.4, -0.2) is 15.8 Å². The normalized spacial score (nSPS) is 16.3. The number of aromatic nitrogens is 2. The van der Waals surface area contributed by atoms with Gasteiger partial charge in [-0.25, -0.2) is 0 Å². The molecule has 14 aromatic rings. The lowest BCUT2D eigenvalue weighted by molar-refractivity contribution is 0.332. The van der Waals surface area contributed by atoms with E-state index in [4.69, 9.17) is 0 Å². The van der Waals surface area contributed by atoms with E-state index in [-0.39, 0.29) is 39.2 Å². The number of rotatable bonds is 7. The second kappa shape index (κ2) is 22.2.